The topological polar surface area (TPSA) is 23.5 Å². The van der Waals surface area contributed by atoms with Gasteiger partial charge in [-0.3, -0.25) is 0 Å². The first-order valence-electron chi connectivity index (χ1n) is 5.95. The Hall–Kier alpha value is -1.02. The van der Waals surface area contributed by atoms with Crippen molar-refractivity contribution in [3.8, 4) is 0 Å². The molecule has 1 heterocycles. The van der Waals surface area contributed by atoms with E-state index in [2.05, 4.69) is 38.5 Å². The number of hydrogen-bond acceptors (Lipinski definition) is 2. The van der Waals surface area contributed by atoms with Gasteiger partial charge in [-0.05, 0) is 42.4 Å². The molecule has 1 atom stereocenters. The van der Waals surface area contributed by atoms with Gasteiger partial charge < -0.3 is 10.0 Å². The lowest BCUT2D eigenvalue weighted by molar-refractivity contribution is 0.171. The summed E-state index contributed by atoms with van der Waals surface area (Å²) in [5, 5.41) is 9.73. The quantitative estimate of drug-likeness (QED) is 0.824. The predicted molar refractivity (Wildman–Crippen MR) is 67.4 cm³/mol. The molecule has 2 rings (SSSR count). The lowest BCUT2D eigenvalue weighted by Crippen LogP contribution is -2.35. The molecule has 2 heteroatoms. The zero-order valence-electron chi connectivity index (χ0n) is 10.3. The molecular weight excluding hydrogens is 198 g/mol. The third-order valence-corrected chi connectivity index (χ3v) is 3.11. The lowest BCUT2D eigenvalue weighted by Gasteiger charge is -2.32. The van der Waals surface area contributed by atoms with Gasteiger partial charge in [0.2, 0.25) is 0 Å². The Balaban J connectivity index is 2.26. The number of anilines is 1. The van der Waals surface area contributed by atoms with E-state index >= 15 is 0 Å². The Morgan fingerprint density at radius 3 is 2.88 bits per heavy atom. The second kappa shape index (κ2) is 4.46. The van der Waals surface area contributed by atoms with Gasteiger partial charge in [0.25, 0.3) is 0 Å². The Bertz CT molecular complexity index is 373. The normalized spacial score (nSPS) is 20.1. The fraction of sp³-hybridized carbons (Fsp3) is 0.500. The maximum atomic E-state index is 9.73. The van der Waals surface area contributed by atoms with Gasteiger partial charge in [-0.2, -0.15) is 0 Å². The van der Waals surface area contributed by atoms with Crippen LogP contribution in [0.15, 0.2) is 18.2 Å². The molecule has 0 amide bonds. The monoisotopic (exact) mass is 218 g/mol. The van der Waals surface area contributed by atoms with Crippen LogP contribution in [0.5, 0.6) is 0 Å². The average Bonchev–Trinajstić information content (AvgIpc) is 2.23. The Kier molecular flexibility index (Phi) is 3.20. The van der Waals surface area contributed by atoms with Crippen LogP contribution >= 0.6 is 0 Å². The van der Waals surface area contributed by atoms with Crippen molar-refractivity contribution in [2.75, 3.05) is 11.9 Å². The first-order chi connectivity index (χ1) is 7.58. The standard InChI is InChI=1S/C14H20NO/c1-10(2)8-11-4-6-13-12(9-11)5-7-14(16)15(13)3/h4-6,9-10,14,16H,7-8H2,1-3H3. The smallest absolute Gasteiger partial charge is 0.127 e. The maximum absolute atomic E-state index is 9.73. The largest absolute Gasteiger partial charge is 0.374 e. The zero-order valence-corrected chi connectivity index (χ0v) is 10.3. The van der Waals surface area contributed by atoms with E-state index in [1.54, 1.807) is 0 Å². The van der Waals surface area contributed by atoms with Crippen molar-refractivity contribution in [1.82, 2.24) is 0 Å². The molecule has 1 radical (unpaired) electrons. The van der Waals surface area contributed by atoms with Crippen LogP contribution in [0.3, 0.4) is 0 Å². The number of hydrogen-bond donors (Lipinski definition) is 1. The molecule has 87 valence electrons. The molecule has 0 fully saturated rings. The van der Waals surface area contributed by atoms with E-state index in [4.69, 9.17) is 0 Å². The molecule has 0 bridgehead atoms. The second-order valence-electron chi connectivity index (χ2n) is 5.02. The molecule has 1 aromatic carbocycles. The van der Waals surface area contributed by atoms with Crippen LogP contribution in [0, 0.1) is 12.3 Å². The molecule has 1 aromatic rings. The van der Waals surface area contributed by atoms with Crippen molar-refractivity contribution in [1.29, 1.82) is 0 Å². The molecule has 1 unspecified atom stereocenters. The minimum atomic E-state index is -0.372. The van der Waals surface area contributed by atoms with Crippen molar-refractivity contribution in [3.05, 3.63) is 35.7 Å². The molecule has 0 aliphatic carbocycles. The van der Waals surface area contributed by atoms with Crippen LogP contribution in [-0.4, -0.2) is 18.4 Å². The molecule has 2 nitrogen and oxygen atoms in total. The highest BCUT2D eigenvalue weighted by atomic mass is 16.3. The fourth-order valence-electron chi connectivity index (χ4n) is 2.24. The Labute approximate surface area is 97.9 Å². The van der Waals surface area contributed by atoms with Gasteiger partial charge in [-0.15, -0.1) is 0 Å². The number of fused-ring (bicyclic) bond motifs is 1. The highest BCUT2D eigenvalue weighted by Crippen LogP contribution is 2.31. The van der Waals surface area contributed by atoms with Gasteiger partial charge in [-0.1, -0.05) is 26.0 Å². The zero-order chi connectivity index (χ0) is 11.7. The van der Waals surface area contributed by atoms with Gasteiger partial charge in [0.1, 0.15) is 6.23 Å². The van der Waals surface area contributed by atoms with Crippen molar-refractivity contribution in [2.24, 2.45) is 5.92 Å². The number of rotatable bonds is 2. The van der Waals surface area contributed by atoms with Gasteiger partial charge in [0.05, 0.1) is 0 Å². The third kappa shape index (κ3) is 2.22. The van der Waals surface area contributed by atoms with Crippen LogP contribution in [0.1, 0.15) is 31.4 Å². The number of benzene rings is 1. The molecular formula is C14H20NO. The van der Waals surface area contributed by atoms with E-state index in [-0.39, 0.29) is 6.23 Å². The molecule has 1 aliphatic rings. The van der Waals surface area contributed by atoms with Crippen molar-refractivity contribution >= 4 is 5.69 Å². The van der Waals surface area contributed by atoms with E-state index in [0.29, 0.717) is 12.3 Å². The summed E-state index contributed by atoms with van der Waals surface area (Å²) in [7, 11) is 1.94. The number of nitrogens with zero attached hydrogens (tertiary/aromatic N) is 1. The molecule has 16 heavy (non-hydrogen) atoms. The number of aliphatic hydroxyl groups excluding tert-OH is 1. The van der Waals surface area contributed by atoms with Crippen molar-refractivity contribution < 1.29 is 5.11 Å². The van der Waals surface area contributed by atoms with E-state index in [1.165, 1.54) is 11.1 Å². The van der Waals surface area contributed by atoms with Crippen molar-refractivity contribution in [3.63, 3.8) is 0 Å². The summed E-state index contributed by atoms with van der Waals surface area (Å²) in [6.07, 6.45) is 3.59. The Morgan fingerprint density at radius 2 is 2.19 bits per heavy atom. The molecule has 0 aromatic heterocycles. The highest BCUT2D eigenvalue weighted by Gasteiger charge is 2.21. The Morgan fingerprint density at radius 1 is 1.44 bits per heavy atom. The summed E-state index contributed by atoms with van der Waals surface area (Å²) in [4.78, 5) is 1.94. The van der Waals surface area contributed by atoms with Gasteiger partial charge in [-0.25, -0.2) is 0 Å². The van der Waals surface area contributed by atoms with E-state index in [0.717, 1.165) is 12.1 Å². The van der Waals surface area contributed by atoms with Gasteiger partial charge in [0.15, 0.2) is 0 Å². The fourth-order valence-corrected chi connectivity index (χ4v) is 2.24. The summed E-state index contributed by atoms with van der Waals surface area (Å²) in [5.41, 5.74) is 3.77. The minimum Gasteiger partial charge on any atom is -0.374 e. The van der Waals surface area contributed by atoms with Crippen LogP contribution in [0.25, 0.3) is 0 Å². The van der Waals surface area contributed by atoms with E-state index < -0.39 is 0 Å². The van der Waals surface area contributed by atoms with Crippen LogP contribution in [0.4, 0.5) is 5.69 Å². The van der Waals surface area contributed by atoms with Crippen LogP contribution < -0.4 is 4.90 Å². The summed E-state index contributed by atoms with van der Waals surface area (Å²) >= 11 is 0. The summed E-state index contributed by atoms with van der Waals surface area (Å²) < 4.78 is 0. The number of aliphatic hydroxyl groups is 1. The average molecular weight is 218 g/mol. The van der Waals surface area contributed by atoms with Crippen LogP contribution in [-0.2, 0) is 6.42 Å². The second-order valence-corrected chi connectivity index (χ2v) is 5.02. The highest BCUT2D eigenvalue weighted by molar-refractivity contribution is 5.60. The van der Waals surface area contributed by atoms with E-state index in [9.17, 15) is 5.11 Å². The predicted octanol–water partition coefficient (Wildman–Crippen LogP) is 2.60. The van der Waals surface area contributed by atoms with Gasteiger partial charge in [0, 0.05) is 12.7 Å². The molecule has 0 saturated carbocycles. The summed E-state index contributed by atoms with van der Waals surface area (Å²) in [6, 6.07) is 6.53. The molecule has 1 aliphatic heterocycles. The maximum Gasteiger partial charge on any atom is 0.127 e. The first-order valence-corrected chi connectivity index (χ1v) is 5.95. The lowest BCUT2D eigenvalue weighted by atomic mass is 9.95. The van der Waals surface area contributed by atoms with Crippen LogP contribution in [0.2, 0.25) is 0 Å². The SMILES string of the molecule is CC(C)Cc1ccc2c(c1)[CH]CC(O)N2C. The third-order valence-electron chi connectivity index (χ3n) is 3.11. The van der Waals surface area contributed by atoms with E-state index in [1.807, 2.05) is 11.9 Å². The minimum absolute atomic E-state index is 0.372. The first kappa shape index (κ1) is 11.5. The summed E-state index contributed by atoms with van der Waals surface area (Å²) in [6.45, 7) is 4.47. The van der Waals surface area contributed by atoms with Gasteiger partial charge >= 0.3 is 0 Å². The molecule has 1 N–H and O–H groups in total. The van der Waals surface area contributed by atoms with Crippen molar-refractivity contribution in [2.45, 2.75) is 32.9 Å². The molecule has 0 saturated heterocycles. The summed E-state index contributed by atoms with van der Waals surface area (Å²) in [5.74, 6) is 0.685. The molecule has 0 spiro atoms.